The summed E-state index contributed by atoms with van der Waals surface area (Å²) in [5.74, 6) is 1.36. The molecular formula is C13H20IN3O3. The lowest BCUT2D eigenvalue weighted by molar-refractivity contribution is 0.0674. The Labute approximate surface area is 135 Å². The van der Waals surface area contributed by atoms with Crippen LogP contribution < -0.4 is 10.5 Å². The predicted octanol–water partition coefficient (Wildman–Crippen LogP) is 1.17. The second kappa shape index (κ2) is 8.15. The number of phenols is 1. The van der Waals surface area contributed by atoms with E-state index in [2.05, 4.69) is 4.99 Å². The zero-order chi connectivity index (χ0) is 13.7. The predicted molar refractivity (Wildman–Crippen MR) is 87.8 cm³/mol. The highest BCUT2D eigenvalue weighted by atomic mass is 127. The number of nitrogens with two attached hydrogens (primary N) is 1. The highest BCUT2D eigenvalue weighted by Crippen LogP contribution is 2.23. The van der Waals surface area contributed by atoms with E-state index in [0.29, 0.717) is 37.0 Å². The lowest BCUT2D eigenvalue weighted by atomic mass is 10.2. The molecule has 3 N–H and O–H groups in total. The molecule has 0 radical (unpaired) electrons. The van der Waals surface area contributed by atoms with E-state index in [1.165, 1.54) is 0 Å². The number of methoxy groups -OCH3 is 1. The topological polar surface area (TPSA) is 80.3 Å². The molecule has 0 bridgehead atoms. The minimum Gasteiger partial charge on any atom is -0.508 e. The van der Waals surface area contributed by atoms with E-state index in [-0.39, 0.29) is 29.7 Å². The number of ether oxygens (including phenoxy) is 2. The van der Waals surface area contributed by atoms with Crippen molar-refractivity contribution in [3.63, 3.8) is 0 Å². The third kappa shape index (κ3) is 4.41. The molecule has 6 nitrogen and oxygen atoms in total. The second-order valence-corrected chi connectivity index (χ2v) is 4.27. The van der Waals surface area contributed by atoms with E-state index in [4.69, 9.17) is 15.2 Å². The lowest BCUT2D eigenvalue weighted by Crippen LogP contribution is -2.44. The fraction of sp³-hybridized carbons (Fsp3) is 0.462. The molecule has 0 atom stereocenters. The molecule has 2 rings (SSSR count). The fourth-order valence-electron chi connectivity index (χ4n) is 1.87. The number of nitrogens with zero attached hydrogens (tertiary/aromatic N) is 2. The van der Waals surface area contributed by atoms with Crippen molar-refractivity contribution < 1.29 is 14.6 Å². The van der Waals surface area contributed by atoms with Crippen LogP contribution in [0.3, 0.4) is 0 Å². The number of hydrogen-bond acceptors (Lipinski definition) is 4. The number of morpholine rings is 1. The molecule has 1 aliphatic heterocycles. The lowest BCUT2D eigenvalue weighted by Gasteiger charge is -2.27. The number of guanidine groups is 1. The van der Waals surface area contributed by atoms with Gasteiger partial charge in [0.2, 0.25) is 0 Å². The van der Waals surface area contributed by atoms with Gasteiger partial charge in [-0.15, -0.1) is 24.0 Å². The molecule has 0 amide bonds. The van der Waals surface area contributed by atoms with Gasteiger partial charge in [0.05, 0.1) is 26.9 Å². The van der Waals surface area contributed by atoms with Crippen LogP contribution in [0, 0.1) is 0 Å². The van der Waals surface area contributed by atoms with Crippen molar-refractivity contribution in [3.8, 4) is 11.5 Å². The summed E-state index contributed by atoms with van der Waals surface area (Å²) in [5.41, 5.74) is 6.61. The Kier molecular flexibility index (Phi) is 6.86. The quantitative estimate of drug-likeness (QED) is 0.458. The van der Waals surface area contributed by atoms with Crippen LogP contribution in [-0.2, 0) is 11.3 Å². The Morgan fingerprint density at radius 2 is 2.15 bits per heavy atom. The van der Waals surface area contributed by atoms with Crippen LogP contribution in [0.15, 0.2) is 23.2 Å². The molecule has 1 aromatic rings. The van der Waals surface area contributed by atoms with Crippen molar-refractivity contribution in [1.29, 1.82) is 0 Å². The van der Waals surface area contributed by atoms with Crippen molar-refractivity contribution in [3.05, 3.63) is 23.8 Å². The molecule has 20 heavy (non-hydrogen) atoms. The highest BCUT2D eigenvalue weighted by molar-refractivity contribution is 14.0. The zero-order valence-corrected chi connectivity index (χ0v) is 13.7. The average molecular weight is 393 g/mol. The molecule has 0 saturated carbocycles. The Morgan fingerprint density at radius 1 is 1.45 bits per heavy atom. The summed E-state index contributed by atoms with van der Waals surface area (Å²) in [5, 5.41) is 9.75. The first-order valence-corrected chi connectivity index (χ1v) is 6.19. The first-order valence-electron chi connectivity index (χ1n) is 6.19. The largest absolute Gasteiger partial charge is 0.508 e. The van der Waals surface area contributed by atoms with Crippen molar-refractivity contribution in [2.75, 3.05) is 33.4 Å². The van der Waals surface area contributed by atoms with Crippen LogP contribution in [0.2, 0.25) is 0 Å². The summed E-state index contributed by atoms with van der Waals surface area (Å²) in [4.78, 5) is 6.28. The molecular weight excluding hydrogens is 373 g/mol. The molecule has 0 aromatic heterocycles. The SMILES string of the molecule is COc1ccc(O)c(CN=C(N)N2CCOCC2)c1.I. The minimum atomic E-state index is 0. The standard InChI is InChI=1S/C13H19N3O3.HI/c1-18-11-2-3-12(17)10(8-11)9-15-13(14)16-4-6-19-7-5-16;/h2-3,8,17H,4-7,9H2,1H3,(H2,14,15);1H. The van der Waals surface area contributed by atoms with E-state index in [9.17, 15) is 5.11 Å². The molecule has 0 spiro atoms. The van der Waals surface area contributed by atoms with Crippen LogP contribution in [0.5, 0.6) is 11.5 Å². The Morgan fingerprint density at radius 3 is 2.80 bits per heavy atom. The van der Waals surface area contributed by atoms with Crippen molar-refractivity contribution in [1.82, 2.24) is 4.90 Å². The third-order valence-corrected chi connectivity index (χ3v) is 3.03. The van der Waals surface area contributed by atoms with Crippen LogP contribution >= 0.6 is 24.0 Å². The average Bonchev–Trinajstić information content (AvgIpc) is 2.47. The molecule has 112 valence electrons. The number of hydrogen-bond donors (Lipinski definition) is 2. The van der Waals surface area contributed by atoms with Gasteiger partial charge in [0.15, 0.2) is 5.96 Å². The number of benzene rings is 1. The van der Waals surface area contributed by atoms with Gasteiger partial charge < -0.3 is 25.2 Å². The molecule has 1 heterocycles. The summed E-state index contributed by atoms with van der Waals surface area (Å²) >= 11 is 0. The highest BCUT2D eigenvalue weighted by Gasteiger charge is 2.12. The summed E-state index contributed by atoms with van der Waals surface area (Å²) in [7, 11) is 1.58. The maximum Gasteiger partial charge on any atom is 0.191 e. The van der Waals surface area contributed by atoms with Gasteiger partial charge in [0, 0.05) is 18.7 Å². The molecule has 1 saturated heterocycles. The number of phenolic OH excluding ortho intramolecular Hbond substituents is 1. The van der Waals surface area contributed by atoms with Gasteiger partial charge in [-0.2, -0.15) is 0 Å². The van der Waals surface area contributed by atoms with Gasteiger partial charge in [0.25, 0.3) is 0 Å². The first kappa shape index (κ1) is 16.8. The minimum absolute atomic E-state index is 0. The monoisotopic (exact) mass is 393 g/mol. The maximum atomic E-state index is 9.75. The van der Waals surface area contributed by atoms with Crippen molar-refractivity contribution in [2.24, 2.45) is 10.7 Å². The molecule has 1 fully saturated rings. The van der Waals surface area contributed by atoms with E-state index in [0.717, 1.165) is 13.1 Å². The summed E-state index contributed by atoms with van der Waals surface area (Å²) < 4.78 is 10.4. The van der Waals surface area contributed by atoms with Gasteiger partial charge in [0.1, 0.15) is 11.5 Å². The smallest absolute Gasteiger partial charge is 0.191 e. The zero-order valence-electron chi connectivity index (χ0n) is 11.4. The Bertz CT molecular complexity index is 462. The summed E-state index contributed by atoms with van der Waals surface area (Å²) in [6, 6.07) is 5.05. The summed E-state index contributed by atoms with van der Waals surface area (Å²) in [6.07, 6.45) is 0. The van der Waals surface area contributed by atoms with E-state index >= 15 is 0 Å². The van der Waals surface area contributed by atoms with Gasteiger partial charge >= 0.3 is 0 Å². The van der Waals surface area contributed by atoms with Crippen LogP contribution in [0.25, 0.3) is 0 Å². The van der Waals surface area contributed by atoms with Crippen molar-refractivity contribution in [2.45, 2.75) is 6.54 Å². The molecule has 0 aliphatic carbocycles. The fourth-order valence-corrected chi connectivity index (χ4v) is 1.87. The number of halogens is 1. The number of aliphatic imine (C=N–C) groups is 1. The van der Waals surface area contributed by atoms with Gasteiger partial charge in [-0.3, -0.25) is 0 Å². The van der Waals surface area contributed by atoms with Gasteiger partial charge in [-0.25, -0.2) is 4.99 Å². The van der Waals surface area contributed by atoms with E-state index < -0.39 is 0 Å². The normalized spacial score (nSPS) is 15.7. The molecule has 0 unspecified atom stereocenters. The van der Waals surface area contributed by atoms with Crippen LogP contribution in [0.4, 0.5) is 0 Å². The molecule has 7 heteroatoms. The Hall–Kier alpha value is -1.22. The maximum absolute atomic E-state index is 9.75. The van der Waals surface area contributed by atoms with Crippen LogP contribution in [0.1, 0.15) is 5.56 Å². The second-order valence-electron chi connectivity index (χ2n) is 4.27. The Balaban J connectivity index is 0.00000200. The van der Waals surface area contributed by atoms with Gasteiger partial charge in [-0.05, 0) is 18.2 Å². The van der Waals surface area contributed by atoms with E-state index in [1.807, 2.05) is 4.90 Å². The molecule has 1 aromatic carbocycles. The van der Waals surface area contributed by atoms with E-state index in [1.54, 1.807) is 25.3 Å². The van der Waals surface area contributed by atoms with Crippen molar-refractivity contribution >= 4 is 29.9 Å². The third-order valence-electron chi connectivity index (χ3n) is 3.03. The van der Waals surface area contributed by atoms with Gasteiger partial charge in [-0.1, -0.05) is 0 Å². The molecule has 1 aliphatic rings. The van der Waals surface area contributed by atoms with Crippen LogP contribution in [-0.4, -0.2) is 49.4 Å². The number of rotatable bonds is 3. The first-order chi connectivity index (χ1) is 9.20. The number of aromatic hydroxyl groups is 1. The summed E-state index contributed by atoms with van der Waals surface area (Å²) in [6.45, 7) is 3.16.